The minimum absolute atomic E-state index is 0.128. The lowest BCUT2D eigenvalue weighted by Crippen LogP contribution is -2.48. The fourth-order valence-corrected chi connectivity index (χ4v) is 3.10. The summed E-state index contributed by atoms with van der Waals surface area (Å²) in [6.07, 6.45) is 3.30. The van der Waals surface area contributed by atoms with Crippen LogP contribution in [0.1, 0.15) is 31.2 Å². The third-order valence-electron chi connectivity index (χ3n) is 3.98. The molecule has 2 nitrogen and oxygen atoms in total. The molecule has 0 aromatic heterocycles. The molecule has 18 heavy (non-hydrogen) atoms. The predicted molar refractivity (Wildman–Crippen MR) is 71.5 cm³/mol. The molecule has 0 amide bonds. The Balaban J connectivity index is 2.42. The van der Waals surface area contributed by atoms with E-state index < -0.39 is 17.3 Å². The number of aliphatic hydroxyl groups is 1. The Bertz CT molecular complexity index is 422. The van der Waals surface area contributed by atoms with Crippen LogP contribution in [0.15, 0.2) is 18.2 Å². The van der Waals surface area contributed by atoms with Crippen molar-refractivity contribution < 1.29 is 9.50 Å². The molecule has 2 N–H and O–H groups in total. The van der Waals surface area contributed by atoms with Crippen molar-refractivity contribution in [1.29, 1.82) is 0 Å². The molecule has 1 saturated carbocycles. The van der Waals surface area contributed by atoms with Crippen LogP contribution >= 0.6 is 11.6 Å². The Morgan fingerprint density at radius 1 is 1.50 bits per heavy atom. The average Bonchev–Trinajstić information content (AvgIpc) is 2.36. The molecule has 2 rings (SSSR count). The van der Waals surface area contributed by atoms with Crippen molar-refractivity contribution in [3.8, 4) is 0 Å². The maximum atomic E-state index is 13.6. The van der Waals surface area contributed by atoms with Gasteiger partial charge >= 0.3 is 0 Å². The van der Waals surface area contributed by atoms with Crippen molar-refractivity contribution in [2.75, 3.05) is 13.6 Å². The Morgan fingerprint density at radius 3 is 2.89 bits per heavy atom. The van der Waals surface area contributed by atoms with Gasteiger partial charge < -0.3 is 10.4 Å². The van der Waals surface area contributed by atoms with E-state index in [1.54, 1.807) is 6.07 Å². The molecule has 2 atom stereocenters. The van der Waals surface area contributed by atoms with Crippen molar-refractivity contribution >= 4 is 11.6 Å². The molecule has 0 heterocycles. The van der Waals surface area contributed by atoms with Gasteiger partial charge in [-0.05, 0) is 37.6 Å². The largest absolute Gasteiger partial charge is 0.392 e. The lowest BCUT2D eigenvalue weighted by Gasteiger charge is -2.42. The number of benzene rings is 1. The van der Waals surface area contributed by atoms with E-state index in [0.717, 1.165) is 31.2 Å². The molecule has 0 bridgehead atoms. The van der Waals surface area contributed by atoms with Gasteiger partial charge in [-0.3, -0.25) is 0 Å². The molecule has 1 aliphatic carbocycles. The van der Waals surface area contributed by atoms with E-state index in [-0.39, 0.29) is 5.02 Å². The fourth-order valence-electron chi connectivity index (χ4n) is 2.99. The van der Waals surface area contributed by atoms with Crippen LogP contribution in [-0.2, 0) is 5.41 Å². The van der Waals surface area contributed by atoms with Gasteiger partial charge in [-0.25, -0.2) is 4.39 Å². The van der Waals surface area contributed by atoms with Crippen molar-refractivity contribution in [2.24, 2.45) is 0 Å². The summed E-state index contributed by atoms with van der Waals surface area (Å²) in [7, 11) is 1.86. The van der Waals surface area contributed by atoms with Gasteiger partial charge in [-0.15, -0.1) is 0 Å². The summed E-state index contributed by atoms with van der Waals surface area (Å²) in [6.45, 7) is 0.648. The monoisotopic (exact) mass is 271 g/mol. The van der Waals surface area contributed by atoms with E-state index >= 15 is 0 Å². The van der Waals surface area contributed by atoms with Gasteiger partial charge in [-0.1, -0.05) is 30.5 Å². The molecule has 0 spiro atoms. The quantitative estimate of drug-likeness (QED) is 0.886. The van der Waals surface area contributed by atoms with E-state index in [4.69, 9.17) is 11.6 Å². The maximum Gasteiger partial charge on any atom is 0.142 e. The van der Waals surface area contributed by atoms with Crippen molar-refractivity contribution in [2.45, 2.75) is 37.2 Å². The molecule has 1 fully saturated rings. The summed E-state index contributed by atoms with van der Waals surface area (Å²) < 4.78 is 13.6. The van der Waals surface area contributed by atoms with Crippen LogP contribution in [0.2, 0.25) is 5.02 Å². The average molecular weight is 272 g/mol. The van der Waals surface area contributed by atoms with Gasteiger partial charge in [0.1, 0.15) is 5.82 Å². The zero-order chi connectivity index (χ0) is 13.2. The smallest absolute Gasteiger partial charge is 0.142 e. The van der Waals surface area contributed by atoms with Crippen LogP contribution in [0.25, 0.3) is 0 Å². The van der Waals surface area contributed by atoms with Crippen LogP contribution in [0.5, 0.6) is 0 Å². The van der Waals surface area contributed by atoms with E-state index in [1.165, 1.54) is 6.07 Å². The Morgan fingerprint density at radius 2 is 2.28 bits per heavy atom. The molecule has 0 saturated heterocycles. The summed E-state index contributed by atoms with van der Waals surface area (Å²) in [4.78, 5) is 0. The van der Waals surface area contributed by atoms with Crippen LogP contribution in [0, 0.1) is 5.82 Å². The van der Waals surface area contributed by atoms with Crippen LogP contribution in [0.3, 0.4) is 0 Å². The SMILES string of the molecule is CNC[C@]1(c2ccc(Cl)c(F)c2)CCCC[C@@H]1O. The second kappa shape index (κ2) is 5.55. The first-order valence-electron chi connectivity index (χ1n) is 6.38. The molecule has 4 heteroatoms. The molecule has 100 valence electrons. The second-order valence-electron chi connectivity index (χ2n) is 5.08. The molecule has 1 aromatic rings. The van der Waals surface area contributed by atoms with Gasteiger partial charge in [-0.2, -0.15) is 0 Å². The summed E-state index contributed by atoms with van der Waals surface area (Å²) in [6, 6.07) is 4.87. The Labute approximate surface area is 112 Å². The van der Waals surface area contributed by atoms with Crippen molar-refractivity contribution in [3.05, 3.63) is 34.6 Å². The number of rotatable bonds is 3. The number of halogens is 2. The van der Waals surface area contributed by atoms with Crippen LogP contribution < -0.4 is 5.32 Å². The number of aliphatic hydroxyl groups excluding tert-OH is 1. The zero-order valence-corrected chi connectivity index (χ0v) is 11.3. The van der Waals surface area contributed by atoms with Gasteiger partial charge in [0.05, 0.1) is 11.1 Å². The first-order valence-corrected chi connectivity index (χ1v) is 6.76. The Hall–Kier alpha value is -0.640. The lowest BCUT2D eigenvalue weighted by molar-refractivity contribution is 0.0423. The highest BCUT2D eigenvalue weighted by Crippen LogP contribution is 2.40. The second-order valence-corrected chi connectivity index (χ2v) is 5.48. The lowest BCUT2D eigenvalue weighted by atomic mass is 9.67. The van der Waals surface area contributed by atoms with Gasteiger partial charge in [0.2, 0.25) is 0 Å². The number of hydrogen-bond donors (Lipinski definition) is 2. The Kier molecular flexibility index (Phi) is 4.25. The number of hydrogen-bond acceptors (Lipinski definition) is 2. The normalized spacial score (nSPS) is 28.3. The van der Waals surface area contributed by atoms with Gasteiger partial charge in [0, 0.05) is 12.0 Å². The standard InChI is InChI=1S/C14H19ClFNO/c1-17-9-14(7-3-2-4-13(14)18)10-5-6-11(15)12(16)8-10/h5-6,8,13,17-18H,2-4,7,9H2,1H3/t13-,14-/m0/s1. The summed E-state index contributed by atoms with van der Waals surface area (Å²) in [5.74, 6) is -0.414. The molecule has 0 radical (unpaired) electrons. The molecular weight excluding hydrogens is 253 g/mol. The van der Waals surface area contributed by atoms with Crippen LogP contribution in [-0.4, -0.2) is 24.8 Å². The predicted octanol–water partition coefficient (Wildman–Crippen LogP) is 2.87. The van der Waals surface area contributed by atoms with Crippen molar-refractivity contribution in [3.63, 3.8) is 0 Å². The van der Waals surface area contributed by atoms with E-state index in [9.17, 15) is 9.50 Å². The highest BCUT2D eigenvalue weighted by molar-refractivity contribution is 6.30. The topological polar surface area (TPSA) is 32.3 Å². The zero-order valence-electron chi connectivity index (χ0n) is 10.5. The summed E-state index contributed by atoms with van der Waals surface area (Å²) in [5, 5.41) is 13.6. The minimum Gasteiger partial charge on any atom is -0.392 e. The highest BCUT2D eigenvalue weighted by atomic mass is 35.5. The molecule has 0 aliphatic heterocycles. The van der Waals surface area contributed by atoms with Crippen molar-refractivity contribution in [1.82, 2.24) is 5.32 Å². The molecular formula is C14H19ClFNO. The molecule has 1 aromatic carbocycles. The van der Waals surface area contributed by atoms with Gasteiger partial charge in [0.25, 0.3) is 0 Å². The maximum absolute atomic E-state index is 13.6. The summed E-state index contributed by atoms with van der Waals surface area (Å²) >= 11 is 5.73. The molecule has 0 unspecified atom stereocenters. The van der Waals surface area contributed by atoms with E-state index in [2.05, 4.69) is 5.32 Å². The first-order chi connectivity index (χ1) is 8.60. The molecule has 1 aliphatic rings. The number of nitrogens with one attached hydrogen (secondary N) is 1. The van der Waals surface area contributed by atoms with Gasteiger partial charge in [0.15, 0.2) is 0 Å². The van der Waals surface area contributed by atoms with E-state index in [1.807, 2.05) is 13.1 Å². The third kappa shape index (κ3) is 2.40. The highest BCUT2D eigenvalue weighted by Gasteiger charge is 2.41. The number of likely N-dealkylation sites (N-methyl/N-ethyl adjacent to an activating group) is 1. The van der Waals surface area contributed by atoms with E-state index in [0.29, 0.717) is 6.54 Å². The van der Waals surface area contributed by atoms with Crippen LogP contribution in [0.4, 0.5) is 4.39 Å². The first kappa shape index (κ1) is 13.8. The minimum atomic E-state index is -0.431. The fraction of sp³-hybridized carbons (Fsp3) is 0.571. The summed E-state index contributed by atoms with van der Waals surface area (Å²) in [5.41, 5.74) is 0.448. The third-order valence-corrected chi connectivity index (χ3v) is 4.28.